The average molecular weight is 249 g/mol. The maximum atomic E-state index is 11.2. The van der Waals surface area contributed by atoms with Crippen LogP contribution in [-0.4, -0.2) is 4.37 Å². The molecule has 0 atom stereocenters. The van der Waals surface area contributed by atoms with Crippen LogP contribution in [0.15, 0.2) is 29.1 Å². The molecule has 0 aliphatic rings. The van der Waals surface area contributed by atoms with Gasteiger partial charge in [-0.3, -0.25) is 9.17 Å². The fraction of sp³-hybridized carbons (Fsp3) is 0.250. The van der Waals surface area contributed by atoms with Crippen molar-refractivity contribution >= 4 is 27.9 Å². The SMILES string of the molecule is CC(C)c1ccc(Nc2s[nH]c(=O)c2N)cc1. The quantitative estimate of drug-likeness (QED) is 0.783. The van der Waals surface area contributed by atoms with Gasteiger partial charge in [0.1, 0.15) is 10.7 Å². The molecule has 90 valence electrons. The molecule has 1 aromatic carbocycles. The molecule has 0 saturated carbocycles. The van der Waals surface area contributed by atoms with Crippen molar-refractivity contribution < 1.29 is 0 Å². The summed E-state index contributed by atoms with van der Waals surface area (Å²) in [5.41, 5.74) is 7.84. The van der Waals surface area contributed by atoms with Crippen LogP contribution in [0.4, 0.5) is 16.4 Å². The number of nitrogens with one attached hydrogen (secondary N) is 2. The van der Waals surface area contributed by atoms with E-state index in [9.17, 15) is 4.79 Å². The van der Waals surface area contributed by atoms with Crippen LogP contribution in [0.25, 0.3) is 0 Å². The molecule has 0 spiro atoms. The van der Waals surface area contributed by atoms with Crippen LogP contribution in [0, 0.1) is 0 Å². The van der Waals surface area contributed by atoms with Crippen molar-refractivity contribution in [2.75, 3.05) is 11.1 Å². The lowest BCUT2D eigenvalue weighted by molar-refractivity contribution is 0.867. The maximum absolute atomic E-state index is 11.2. The number of hydrogen-bond acceptors (Lipinski definition) is 4. The number of benzene rings is 1. The molecule has 1 heterocycles. The number of hydrogen-bond donors (Lipinski definition) is 3. The second-order valence-electron chi connectivity index (χ2n) is 4.18. The summed E-state index contributed by atoms with van der Waals surface area (Å²) >= 11 is 1.21. The Labute approximate surface area is 104 Å². The summed E-state index contributed by atoms with van der Waals surface area (Å²) in [6, 6.07) is 8.11. The predicted molar refractivity (Wildman–Crippen MR) is 73.2 cm³/mol. The first kappa shape index (κ1) is 11.7. The molecule has 0 fully saturated rings. The first-order valence-electron chi connectivity index (χ1n) is 5.42. The Hall–Kier alpha value is -1.75. The number of rotatable bonds is 3. The smallest absolute Gasteiger partial charge is 0.283 e. The van der Waals surface area contributed by atoms with Crippen molar-refractivity contribution in [3.05, 3.63) is 40.2 Å². The van der Waals surface area contributed by atoms with E-state index in [4.69, 9.17) is 5.73 Å². The normalized spacial score (nSPS) is 10.8. The molecule has 4 N–H and O–H groups in total. The first-order chi connectivity index (χ1) is 8.08. The van der Waals surface area contributed by atoms with E-state index in [2.05, 4.69) is 35.7 Å². The van der Waals surface area contributed by atoms with Crippen LogP contribution in [0.2, 0.25) is 0 Å². The van der Waals surface area contributed by atoms with Gasteiger partial charge in [0, 0.05) is 5.69 Å². The van der Waals surface area contributed by atoms with Gasteiger partial charge in [0.15, 0.2) is 0 Å². The number of aromatic amines is 1. The molecule has 4 nitrogen and oxygen atoms in total. The van der Waals surface area contributed by atoms with E-state index in [0.717, 1.165) is 5.69 Å². The topological polar surface area (TPSA) is 70.9 Å². The van der Waals surface area contributed by atoms with Crippen LogP contribution in [-0.2, 0) is 0 Å². The summed E-state index contributed by atoms with van der Waals surface area (Å²) in [4.78, 5) is 11.2. The van der Waals surface area contributed by atoms with E-state index in [1.165, 1.54) is 17.1 Å². The van der Waals surface area contributed by atoms with E-state index in [1.807, 2.05) is 12.1 Å². The van der Waals surface area contributed by atoms with Crippen LogP contribution in [0.1, 0.15) is 25.3 Å². The molecule has 0 aliphatic carbocycles. The van der Waals surface area contributed by atoms with Crippen molar-refractivity contribution in [3.8, 4) is 0 Å². The second-order valence-corrected chi connectivity index (χ2v) is 4.99. The Morgan fingerprint density at radius 3 is 2.41 bits per heavy atom. The van der Waals surface area contributed by atoms with E-state index in [-0.39, 0.29) is 11.2 Å². The summed E-state index contributed by atoms with van der Waals surface area (Å²) < 4.78 is 2.59. The Morgan fingerprint density at radius 2 is 1.94 bits per heavy atom. The molecule has 17 heavy (non-hydrogen) atoms. The van der Waals surface area contributed by atoms with Gasteiger partial charge < -0.3 is 11.1 Å². The zero-order valence-corrected chi connectivity index (χ0v) is 10.6. The highest BCUT2D eigenvalue weighted by atomic mass is 32.1. The summed E-state index contributed by atoms with van der Waals surface area (Å²) in [5, 5.41) is 3.78. The summed E-state index contributed by atoms with van der Waals surface area (Å²) in [7, 11) is 0. The summed E-state index contributed by atoms with van der Waals surface area (Å²) in [6.45, 7) is 4.30. The molecule has 5 heteroatoms. The number of anilines is 3. The van der Waals surface area contributed by atoms with Gasteiger partial charge in [0.2, 0.25) is 0 Å². The molecule has 0 radical (unpaired) electrons. The van der Waals surface area contributed by atoms with Crippen LogP contribution in [0.5, 0.6) is 0 Å². The van der Waals surface area contributed by atoms with Gasteiger partial charge in [0.05, 0.1) is 0 Å². The second kappa shape index (κ2) is 4.63. The lowest BCUT2D eigenvalue weighted by Gasteiger charge is -2.07. The monoisotopic (exact) mass is 249 g/mol. The molecule has 0 bridgehead atoms. The Kier molecular flexibility index (Phi) is 3.19. The molecular weight excluding hydrogens is 234 g/mol. The van der Waals surface area contributed by atoms with Crippen molar-refractivity contribution in [1.82, 2.24) is 4.37 Å². The predicted octanol–water partition coefficient (Wildman–Crippen LogP) is 2.89. The van der Waals surface area contributed by atoms with Gasteiger partial charge in [-0.2, -0.15) is 0 Å². The highest BCUT2D eigenvalue weighted by Gasteiger charge is 2.06. The highest BCUT2D eigenvalue weighted by molar-refractivity contribution is 7.10. The van der Waals surface area contributed by atoms with Gasteiger partial charge >= 0.3 is 0 Å². The molecule has 2 rings (SSSR count). The van der Waals surface area contributed by atoms with Crippen molar-refractivity contribution in [1.29, 1.82) is 0 Å². The third-order valence-electron chi connectivity index (χ3n) is 2.57. The van der Waals surface area contributed by atoms with Gasteiger partial charge in [-0.05, 0) is 35.1 Å². The Balaban J connectivity index is 2.19. The molecule has 0 unspecified atom stereocenters. The minimum Gasteiger partial charge on any atom is -0.392 e. The lowest BCUT2D eigenvalue weighted by Crippen LogP contribution is -2.05. The zero-order valence-electron chi connectivity index (χ0n) is 9.78. The maximum Gasteiger partial charge on any atom is 0.283 e. The third-order valence-corrected chi connectivity index (χ3v) is 3.38. The van der Waals surface area contributed by atoms with Gasteiger partial charge in [0.25, 0.3) is 5.56 Å². The number of nitrogens with two attached hydrogens (primary N) is 1. The molecule has 0 saturated heterocycles. The number of H-pyrrole nitrogens is 1. The van der Waals surface area contributed by atoms with E-state index < -0.39 is 0 Å². The largest absolute Gasteiger partial charge is 0.392 e. The fourth-order valence-corrected chi connectivity index (χ4v) is 2.16. The summed E-state index contributed by atoms with van der Waals surface area (Å²) in [5.74, 6) is 0.512. The lowest BCUT2D eigenvalue weighted by atomic mass is 10.0. The van der Waals surface area contributed by atoms with Gasteiger partial charge in [-0.1, -0.05) is 26.0 Å². The summed E-state index contributed by atoms with van der Waals surface area (Å²) in [6.07, 6.45) is 0. The van der Waals surface area contributed by atoms with E-state index in [0.29, 0.717) is 10.9 Å². The number of aromatic nitrogens is 1. The molecule has 0 aliphatic heterocycles. The molecule has 0 amide bonds. The van der Waals surface area contributed by atoms with Crippen LogP contribution >= 0.6 is 11.5 Å². The van der Waals surface area contributed by atoms with Gasteiger partial charge in [-0.15, -0.1) is 0 Å². The Morgan fingerprint density at radius 1 is 1.29 bits per heavy atom. The van der Waals surface area contributed by atoms with E-state index in [1.54, 1.807) is 0 Å². The molecular formula is C12H15N3OS. The highest BCUT2D eigenvalue weighted by Crippen LogP contribution is 2.25. The average Bonchev–Trinajstić information content (AvgIpc) is 2.62. The third kappa shape index (κ3) is 2.50. The van der Waals surface area contributed by atoms with Crippen molar-refractivity contribution in [2.24, 2.45) is 0 Å². The molecule has 1 aromatic heterocycles. The van der Waals surface area contributed by atoms with Crippen LogP contribution < -0.4 is 16.6 Å². The standard InChI is InChI=1S/C12H15N3OS/c1-7(2)8-3-5-9(6-4-8)14-12-10(13)11(16)15-17-12/h3-7,14H,13H2,1-2H3,(H,15,16). The minimum absolute atomic E-state index is 0.239. The van der Waals surface area contributed by atoms with E-state index >= 15 is 0 Å². The van der Waals surface area contributed by atoms with Crippen LogP contribution in [0.3, 0.4) is 0 Å². The molecule has 2 aromatic rings. The number of nitrogen functional groups attached to an aromatic ring is 1. The van der Waals surface area contributed by atoms with Crippen molar-refractivity contribution in [3.63, 3.8) is 0 Å². The van der Waals surface area contributed by atoms with Gasteiger partial charge in [-0.25, -0.2) is 0 Å². The fourth-order valence-electron chi connectivity index (χ4n) is 1.49. The van der Waals surface area contributed by atoms with Crippen molar-refractivity contribution in [2.45, 2.75) is 19.8 Å². The minimum atomic E-state index is -0.240. The first-order valence-corrected chi connectivity index (χ1v) is 6.23. The Bertz CT molecular complexity index is 554. The zero-order chi connectivity index (χ0) is 12.4.